The van der Waals surface area contributed by atoms with Crippen molar-refractivity contribution in [1.29, 1.82) is 0 Å². The minimum atomic E-state index is -0.375. The van der Waals surface area contributed by atoms with Crippen LogP contribution in [0.4, 0.5) is 10.3 Å². The van der Waals surface area contributed by atoms with Gasteiger partial charge >= 0.3 is 0 Å². The van der Waals surface area contributed by atoms with Crippen molar-refractivity contribution in [3.8, 4) is 0 Å². The Morgan fingerprint density at radius 1 is 1.56 bits per heavy atom. The molecule has 2 rings (SSSR count). The second-order valence-corrected chi connectivity index (χ2v) is 4.10. The molecule has 1 aromatic heterocycles. The van der Waals surface area contributed by atoms with Gasteiger partial charge in [0.05, 0.1) is 11.0 Å². The molecule has 0 radical (unpaired) electrons. The van der Waals surface area contributed by atoms with Gasteiger partial charge in [0, 0.05) is 13.6 Å². The van der Waals surface area contributed by atoms with E-state index in [1.54, 1.807) is 18.0 Å². The van der Waals surface area contributed by atoms with Gasteiger partial charge < -0.3 is 15.2 Å². The number of aromatic nitrogens is 2. The first kappa shape index (κ1) is 12.3. The fourth-order valence-electron chi connectivity index (χ4n) is 1.71. The van der Waals surface area contributed by atoms with Gasteiger partial charge in [-0.05, 0) is 25.1 Å². The second-order valence-electron chi connectivity index (χ2n) is 4.10. The molecule has 1 amide bonds. The summed E-state index contributed by atoms with van der Waals surface area (Å²) in [6.45, 7) is 2.56. The van der Waals surface area contributed by atoms with Gasteiger partial charge in [-0.3, -0.25) is 4.79 Å². The summed E-state index contributed by atoms with van der Waals surface area (Å²) in [4.78, 5) is 17.5. The summed E-state index contributed by atoms with van der Waals surface area (Å²) in [5, 5.41) is 0. The highest BCUT2D eigenvalue weighted by atomic mass is 19.1. The SMILES string of the molecule is CCN(C)C(=O)Cn1c(N)nc2ccc(F)cc21. The monoisotopic (exact) mass is 250 g/mol. The predicted octanol–water partition coefficient (Wildman–Crippen LogP) is 1.24. The Hall–Kier alpha value is -2.11. The Balaban J connectivity index is 2.41. The summed E-state index contributed by atoms with van der Waals surface area (Å²) in [5.74, 6) is -0.249. The average molecular weight is 250 g/mol. The van der Waals surface area contributed by atoms with Crippen LogP contribution in [0.2, 0.25) is 0 Å². The number of rotatable bonds is 3. The van der Waals surface area contributed by atoms with Crippen molar-refractivity contribution >= 4 is 22.9 Å². The largest absolute Gasteiger partial charge is 0.369 e. The van der Waals surface area contributed by atoms with E-state index in [4.69, 9.17) is 5.73 Å². The molecular weight excluding hydrogens is 235 g/mol. The molecule has 1 heterocycles. The van der Waals surface area contributed by atoms with Crippen molar-refractivity contribution in [2.45, 2.75) is 13.5 Å². The van der Waals surface area contributed by atoms with Crippen molar-refractivity contribution in [2.24, 2.45) is 0 Å². The number of amides is 1. The summed E-state index contributed by atoms with van der Waals surface area (Å²) in [5.41, 5.74) is 6.87. The number of likely N-dealkylation sites (N-methyl/N-ethyl adjacent to an activating group) is 1. The van der Waals surface area contributed by atoms with Gasteiger partial charge in [0.15, 0.2) is 0 Å². The molecule has 6 heteroatoms. The number of carbonyl (C=O) groups is 1. The smallest absolute Gasteiger partial charge is 0.242 e. The third kappa shape index (κ3) is 2.13. The van der Waals surface area contributed by atoms with E-state index in [0.717, 1.165) is 0 Å². The molecule has 0 saturated carbocycles. The van der Waals surface area contributed by atoms with E-state index in [-0.39, 0.29) is 24.2 Å². The first-order valence-electron chi connectivity index (χ1n) is 5.68. The maximum atomic E-state index is 13.2. The number of fused-ring (bicyclic) bond motifs is 1. The van der Waals surface area contributed by atoms with Crippen LogP contribution in [0.15, 0.2) is 18.2 Å². The number of hydrogen-bond acceptors (Lipinski definition) is 3. The lowest BCUT2D eigenvalue weighted by atomic mass is 10.3. The van der Waals surface area contributed by atoms with Gasteiger partial charge in [-0.25, -0.2) is 9.37 Å². The molecule has 0 unspecified atom stereocenters. The lowest BCUT2D eigenvalue weighted by molar-refractivity contribution is -0.130. The number of benzene rings is 1. The number of nitrogens with zero attached hydrogens (tertiary/aromatic N) is 3. The Kier molecular flexibility index (Phi) is 3.18. The number of nitrogens with two attached hydrogens (primary N) is 1. The molecular formula is C12H15FN4O. The van der Waals surface area contributed by atoms with E-state index < -0.39 is 0 Å². The molecule has 96 valence electrons. The van der Waals surface area contributed by atoms with Crippen molar-refractivity contribution in [3.05, 3.63) is 24.0 Å². The standard InChI is InChI=1S/C12H15FN4O/c1-3-16(2)11(18)7-17-10-6-8(13)4-5-9(10)15-12(17)14/h4-6H,3,7H2,1-2H3,(H2,14,15). The Morgan fingerprint density at radius 3 is 2.94 bits per heavy atom. The minimum absolute atomic E-state index is 0.0656. The normalized spacial score (nSPS) is 10.8. The van der Waals surface area contributed by atoms with Crippen LogP contribution in [0, 0.1) is 5.82 Å². The van der Waals surface area contributed by atoms with Crippen LogP contribution in [-0.2, 0) is 11.3 Å². The van der Waals surface area contributed by atoms with E-state index in [2.05, 4.69) is 4.98 Å². The van der Waals surface area contributed by atoms with Crippen LogP contribution < -0.4 is 5.73 Å². The van der Waals surface area contributed by atoms with Gasteiger partial charge in [0.1, 0.15) is 12.4 Å². The number of hydrogen-bond donors (Lipinski definition) is 1. The lowest BCUT2D eigenvalue weighted by Crippen LogP contribution is -2.30. The van der Waals surface area contributed by atoms with E-state index in [9.17, 15) is 9.18 Å². The Labute approximate surface area is 104 Å². The highest BCUT2D eigenvalue weighted by Crippen LogP contribution is 2.19. The van der Waals surface area contributed by atoms with Gasteiger partial charge in [0.2, 0.25) is 11.9 Å². The maximum absolute atomic E-state index is 13.2. The first-order valence-corrected chi connectivity index (χ1v) is 5.68. The Morgan fingerprint density at radius 2 is 2.28 bits per heavy atom. The molecule has 0 saturated heterocycles. The van der Waals surface area contributed by atoms with E-state index in [1.807, 2.05) is 6.92 Å². The number of anilines is 1. The average Bonchev–Trinajstić information content (AvgIpc) is 2.65. The van der Waals surface area contributed by atoms with Crippen LogP contribution in [0.25, 0.3) is 11.0 Å². The van der Waals surface area contributed by atoms with Gasteiger partial charge in [-0.1, -0.05) is 0 Å². The topological polar surface area (TPSA) is 64.2 Å². The molecule has 0 atom stereocenters. The zero-order chi connectivity index (χ0) is 13.3. The molecule has 0 aliphatic rings. The molecule has 0 fully saturated rings. The predicted molar refractivity (Wildman–Crippen MR) is 67.4 cm³/mol. The fraction of sp³-hybridized carbons (Fsp3) is 0.333. The lowest BCUT2D eigenvalue weighted by Gasteiger charge is -2.15. The number of nitrogen functional groups attached to an aromatic ring is 1. The summed E-state index contributed by atoms with van der Waals surface area (Å²) < 4.78 is 14.7. The van der Waals surface area contributed by atoms with E-state index in [0.29, 0.717) is 17.6 Å². The number of halogens is 1. The number of carbonyl (C=O) groups excluding carboxylic acids is 1. The summed E-state index contributed by atoms with van der Waals surface area (Å²) >= 11 is 0. The van der Waals surface area contributed by atoms with Crippen molar-refractivity contribution in [2.75, 3.05) is 19.3 Å². The second kappa shape index (κ2) is 4.64. The zero-order valence-corrected chi connectivity index (χ0v) is 10.4. The third-order valence-corrected chi connectivity index (χ3v) is 2.93. The van der Waals surface area contributed by atoms with Crippen LogP contribution in [0.5, 0.6) is 0 Å². The van der Waals surface area contributed by atoms with Crippen molar-refractivity contribution < 1.29 is 9.18 Å². The highest BCUT2D eigenvalue weighted by Gasteiger charge is 2.14. The zero-order valence-electron chi connectivity index (χ0n) is 10.4. The van der Waals surface area contributed by atoms with Crippen LogP contribution >= 0.6 is 0 Å². The molecule has 0 bridgehead atoms. The van der Waals surface area contributed by atoms with Gasteiger partial charge in [-0.2, -0.15) is 0 Å². The van der Waals surface area contributed by atoms with Crippen LogP contribution in [-0.4, -0.2) is 34.0 Å². The third-order valence-electron chi connectivity index (χ3n) is 2.93. The molecule has 2 N–H and O–H groups in total. The molecule has 1 aromatic carbocycles. The summed E-state index contributed by atoms with van der Waals surface area (Å²) in [6, 6.07) is 4.20. The van der Waals surface area contributed by atoms with E-state index >= 15 is 0 Å². The molecule has 0 spiro atoms. The van der Waals surface area contributed by atoms with Crippen LogP contribution in [0.3, 0.4) is 0 Å². The van der Waals surface area contributed by atoms with Gasteiger partial charge in [0.25, 0.3) is 0 Å². The minimum Gasteiger partial charge on any atom is -0.369 e. The molecule has 0 aliphatic heterocycles. The maximum Gasteiger partial charge on any atom is 0.242 e. The molecule has 18 heavy (non-hydrogen) atoms. The number of imidazole rings is 1. The molecule has 5 nitrogen and oxygen atoms in total. The summed E-state index contributed by atoms with van der Waals surface area (Å²) in [6.07, 6.45) is 0. The molecule has 0 aliphatic carbocycles. The molecule has 2 aromatic rings. The first-order chi connectivity index (χ1) is 8.52. The Bertz CT molecular complexity index is 593. The van der Waals surface area contributed by atoms with Gasteiger partial charge in [-0.15, -0.1) is 0 Å². The summed E-state index contributed by atoms with van der Waals surface area (Å²) in [7, 11) is 1.71. The van der Waals surface area contributed by atoms with E-state index in [1.165, 1.54) is 16.7 Å². The highest BCUT2D eigenvalue weighted by molar-refractivity contribution is 5.82. The van der Waals surface area contributed by atoms with Crippen molar-refractivity contribution in [1.82, 2.24) is 14.5 Å². The fourth-order valence-corrected chi connectivity index (χ4v) is 1.71. The quantitative estimate of drug-likeness (QED) is 0.891. The van der Waals surface area contributed by atoms with Crippen LogP contribution in [0.1, 0.15) is 6.92 Å². The van der Waals surface area contributed by atoms with Crippen molar-refractivity contribution in [3.63, 3.8) is 0 Å².